The van der Waals surface area contributed by atoms with Crippen molar-refractivity contribution in [2.75, 3.05) is 13.1 Å². The van der Waals surface area contributed by atoms with Gasteiger partial charge in [-0.2, -0.15) is 13.2 Å². The Morgan fingerprint density at radius 2 is 2.00 bits per heavy atom. The Kier molecular flexibility index (Phi) is 4.11. The fourth-order valence-corrected chi connectivity index (χ4v) is 2.88. The highest BCUT2D eigenvalue weighted by Crippen LogP contribution is 2.47. The number of hydrogen-bond acceptors (Lipinski definition) is 2. The maximum absolute atomic E-state index is 13.3. The van der Waals surface area contributed by atoms with Crippen molar-refractivity contribution in [2.24, 2.45) is 11.3 Å². The first-order valence-electron chi connectivity index (χ1n) is 6.02. The van der Waals surface area contributed by atoms with E-state index in [1.165, 1.54) is 0 Å². The lowest BCUT2D eigenvalue weighted by molar-refractivity contribution is -0.236. The van der Waals surface area contributed by atoms with Crippen LogP contribution in [0.3, 0.4) is 0 Å². The fraction of sp³-hybridized carbons (Fsp3) is 0.462. The molecule has 1 heterocycles. The van der Waals surface area contributed by atoms with Gasteiger partial charge in [-0.15, -0.1) is 0 Å². The Balaban J connectivity index is 2.30. The number of carboxylic acid groups (broad SMARTS) is 1. The van der Waals surface area contributed by atoms with E-state index >= 15 is 0 Å². The summed E-state index contributed by atoms with van der Waals surface area (Å²) in [5.41, 5.74) is -2.02. The highest BCUT2D eigenvalue weighted by Gasteiger charge is 2.66. The predicted octanol–water partition coefficient (Wildman–Crippen LogP) is 2.84. The lowest BCUT2D eigenvalue weighted by Gasteiger charge is -2.32. The summed E-state index contributed by atoms with van der Waals surface area (Å²) >= 11 is 3.25. The maximum atomic E-state index is 13.3. The van der Waals surface area contributed by atoms with Crippen molar-refractivity contribution in [1.29, 1.82) is 0 Å². The maximum Gasteiger partial charge on any atom is 0.406 e. The first-order chi connectivity index (χ1) is 9.27. The fourth-order valence-electron chi connectivity index (χ4n) is 2.62. The summed E-state index contributed by atoms with van der Waals surface area (Å²) in [5.74, 6) is -2.82. The molecule has 1 fully saturated rings. The van der Waals surface area contributed by atoms with E-state index in [9.17, 15) is 18.0 Å². The first kappa shape index (κ1) is 15.3. The number of carboxylic acids is 1. The van der Waals surface area contributed by atoms with Crippen LogP contribution in [0.5, 0.6) is 0 Å². The number of halogens is 4. The summed E-state index contributed by atoms with van der Waals surface area (Å²) in [7, 11) is 0. The van der Waals surface area contributed by atoms with Crippen LogP contribution in [0, 0.1) is 11.3 Å². The van der Waals surface area contributed by atoms with E-state index < -0.39 is 30.0 Å². The minimum atomic E-state index is -4.78. The van der Waals surface area contributed by atoms with E-state index in [2.05, 4.69) is 21.2 Å². The van der Waals surface area contributed by atoms with Crippen LogP contribution in [0.4, 0.5) is 13.2 Å². The normalized spacial score (nSPS) is 26.7. The van der Waals surface area contributed by atoms with Crippen molar-refractivity contribution in [3.8, 4) is 0 Å². The number of aliphatic carboxylic acids is 1. The van der Waals surface area contributed by atoms with Gasteiger partial charge in [0.2, 0.25) is 0 Å². The summed E-state index contributed by atoms with van der Waals surface area (Å²) in [6.07, 6.45) is -4.70. The summed E-state index contributed by atoms with van der Waals surface area (Å²) in [5, 5.41) is 11.7. The average Bonchev–Trinajstić information content (AvgIpc) is 2.76. The third-order valence-corrected chi connectivity index (χ3v) is 4.30. The van der Waals surface area contributed by atoms with Crippen molar-refractivity contribution in [3.63, 3.8) is 0 Å². The Morgan fingerprint density at radius 3 is 2.50 bits per heavy atom. The molecule has 1 aromatic carbocycles. The van der Waals surface area contributed by atoms with Crippen molar-refractivity contribution < 1.29 is 23.1 Å². The highest BCUT2D eigenvalue weighted by atomic mass is 79.9. The summed E-state index contributed by atoms with van der Waals surface area (Å²) < 4.78 is 40.6. The van der Waals surface area contributed by atoms with Crippen molar-refractivity contribution >= 4 is 21.9 Å². The van der Waals surface area contributed by atoms with Crippen LogP contribution in [0.25, 0.3) is 0 Å². The molecule has 2 atom stereocenters. The first-order valence-corrected chi connectivity index (χ1v) is 6.82. The quantitative estimate of drug-likeness (QED) is 0.880. The van der Waals surface area contributed by atoms with Crippen molar-refractivity contribution in [3.05, 3.63) is 34.3 Å². The lowest BCUT2D eigenvalue weighted by atomic mass is 9.74. The monoisotopic (exact) mass is 351 g/mol. The topological polar surface area (TPSA) is 49.3 Å². The van der Waals surface area contributed by atoms with E-state index in [0.717, 1.165) is 4.47 Å². The minimum Gasteiger partial charge on any atom is -0.481 e. The molecule has 110 valence electrons. The van der Waals surface area contributed by atoms with Gasteiger partial charge in [0.05, 0.1) is 0 Å². The van der Waals surface area contributed by atoms with E-state index in [4.69, 9.17) is 5.11 Å². The third kappa shape index (κ3) is 2.56. The molecule has 3 nitrogen and oxygen atoms in total. The van der Waals surface area contributed by atoms with E-state index in [1.54, 1.807) is 24.3 Å². The molecular weight excluding hydrogens is 339 g/mol. The number of alkyl halides is 3. The van der Waals surface area contributed by atoms with E-state index in [1.807, 2.05) is 0 Å². The van der Waals surface area contributed by atoms with Gasteiger partial charge >= 0.3 is 12.1 Å². The molecule has 7 heteroatoms. The molecule has 2 rings (SSSR count). The minimum absolute atomic E-state index is 0.0435. The van der Waals surface area contributed by atoms with Crippen molar-refractivity contribution in [1.82, 2.24) is 5.32 Å². The average molecular weight is 352 g/mol. The zero-order valence-corrected chi connectivity index (χ0v) is 12.0. The van der Waals surface area contributed by atoms with Gasteiger partial charge in [0.25, 0.3) is 0 Å². The number of hydrogen-bond donors (Lipinski definition) is 2. The molecule has 2 N–H and O–H groups in total. The predicted molar refractivity (Wildman–Crippen MR) is 70.3 cm³/mol. The molecule has 0 aromatic heterocycles. The second-order valence-electron chi connectivity index (χ2n) is 4.93. The second-order valence-corrected chi connectivity index (χ2v) is 5.85. The van der Waals surface area contributed by atoms with Gasteiger partial charge in [-0.25, -0.2) is 0 Å². The molecule has 0 radical (unpaired) electrons. The number of carbonyl (C=O) groups is 1. The van der Waals surface area contributed by atoms with Crippen LogP contribution in [0.2, 0.25) is 0 Å². The number of benzene rings is 1. The van der Waals surface area contributed by atoms with Gasteiger partial charge in [0.1, 0.15) is 0 Å². The molecule has 0 bridgehead atoms. The van der Waals surface area contributed by atoms with Gasteiger partial charge in [-0.05, 0) is 30.7 Å². The van der Waals surface area contributed by atoms with Gasteiger partial charge < -0.3 is 10.4 Å². The van der Waals surface area contributed by atoms with Crippen LogP contribution in [-0.2, 0) is 11.2 Å². The molecule has 20 heavy (non-hydrogen) atoms. The molecule has 0 amide bonds. The summed E-state index contributed by atoms with van der Waals surface area (Å²) in [6.45, 7) is -0.533. The molecule has 1 aliphatic heterocycles. The van der Waals surface area contributed by atoms with Crippen LogP contribution in [-0.4, -0.2) is 30.3 Å². The summed E-state index contributed by atoms with van der Waals surface area (Å²) in [6, 6.07) is 6.86. The largest absolute Gasteiger partial charge is 0.481 e. The smallest absolute Gasteiger partial charge is 0.406 e. The lowest BCUT2D eigenvalue weighted by Crippen LogP contribution is -2.51. The van der Waals surface area contributed by atoms with Gasteiger partial charge in [0, 0.05) is 16.9 Å². The number of nitrogens with one attached hydrogen (secondary N) is 1. The van der Waals surface area contributed by atoms with Crippen LogP contribution in [0.1, 0.15) is 5.56 Å². The standard InChI is InChI=1S/C13H13BrF3NO2/c14-10-3-1-8(2-4-10)5-9-6-18-7-12(9,11(19)20)13(15,16)17/h1-4,9,18H,5-7H2,(H,19,20)/t9-,12-/m0/s1. The number of rotatable bonds is 3. The van der Waals surface area contributed by atoms with Crippen molar-refractivity contribution in [2.45, 2.75) is 12.6 Å². The molecular formula is C13H13BrF3NO2. The van der Waals surface area contributed by atoms with E-state index in [-0.39, 0.29) is 13.0 Å². The van der Waals surface area contributed by atoms with Crippen LogP contribution >= 0.6 is 15.9 Å². The zero-order valence-electron chi connectivity index (χ0n) is 10.4. The van der Waals surface area contributed by atoms with E-state index in [0.29, 0.717) is 5.56 Å². The Labute approximate surface area is 122 Å². The molecule has 0 aliphatic carbocycles. The summed E-state index contributed by atoms with van der Waals surface area (Å²) in [4.78, 5) is 11.3. The molecule has 1 saturated heterocycles. The molecule has 1 aromatic rings. The third-order valence-electron chi connectivity index (χ3n) is 3.77. The van der Waals surface area contributed by atoms with Gasteiger partial charge in [-0.3, -0.25) is 4.79 Å². The molecule has 0 spiro atoms. The van der Waals surface area contributed by atoms with Crippen LogP contribution < -0.4 is 5.32 Å². The Hall–Kier alpha value is -1.08. The van der Waals surface area contributed by atoms with Gasteiger partial charge in [-0.1, -0.05) is 28.1 Å². The van der Waals surface area contributed by atoms with Gasteiger partial charge in [0.15, 0.2) is 5.41 Å². The second kappa shape index (κ2) is 5.37. The molecule has 0 saturated carbocycles. The SMILES string of the molecule is O=C(O)[C@]1(C(F)(F)F)CNC[C@@H]1Cc1ccc(Br)cc1. The Bertz CT molecular complexity index is 503. The molecule has 0 unspecified atom stereocenters. The highest BCUT2D eigenvalue weighted by molar-refractivity contribution is 9.10. The zero-order chi connectivity index (χ0) is 15.0. The van der Waals surface area contributed by atoms with Crippen LogP contribution in [0.15, 0.2) is 28.7 Å². The Morgan fingerprint density at radius 1 is 1.40 bits per heavy atom. The molecule has 1 aliphatic rings.